The average Bonchev–Trinajstić information content (AvgIpc) is 2.65. The summed E-state index contributed by atoms with van der Waals surface area (Å²) < 4.78 is 1.70. The van der Waals surface area contributed by atoms with E-state index in [-0.39, 0.29) is 5.78 Å². The zero-order valence-corrected chi connectivity index (χ0v) is 9.34. The number of benzene rings is 1. The summed E-state index contributed by atoms with van der Waals surface area (Å²) in [4.78, 5) is 11.1. The molecule has 0 saturated carbocycles. The third kappa shape index (κ3) is 2.16. The Balaban J connectivity index is 2.40. The van der Waals surface area contributed by atoms with E-state index in [9.17, 15) is 4.79 Å². The molecule has 1 heterocycles. The third-order valence-corrected chi connectivity index (χ3v) is 2.30. The number of rotatable bonds is 3. The van der Waals surface area contributed by atoms with E-state index < -0.39 is 0 Å². The van der Waals surface area contributed by atoms with Gasteiger partial charge in [0.25, 0.3) is 0 Å². The zero-order chi connectivity index (χ0) is 11.5. The van der Waals surface area contributed by atoms with Crippen molar-refractivity contribution in [1.82, 2.24) is 15.0 Å². The number of nitrogens with zero attached hydrogens (tertiary/aromatic N) is 3. The lowest BCUT2D eigenvalue weighted by Crippen LogP contribution is -2.06. The largest absolute Gasteiger partial charge is 0.300 e. The van der Waals surface area contributed by atoms with Crippen molar-refractivity contribution in [3.8, 4) is 5.69 Å². The molecule has 0 spiro atoms. The van der Waals surface area contributed by atoms with Crippen molar-refractivity contribution in [3.05, 3.63) is 41.7 Å². The zero-order valence-electron chi connectivity index (χ0n) is 9.34. The van der Waals surface area contributed by atoms with E-state index in [1.54, 1.807) is 17.8 Å². The molecule has 0 saturated heterocycles. The van der Waals surface area contributed by atoms with E-state index in [0.29, 0.717) is 6.42 Å². The van der Waals surface area contributed by atoms with Gasteiger partial charge in [-0.1, -0.05) is 17.3 Å². The van der Waals surface area contributed by atoms with Gasteiger partial charge in [0, 0.05) is 0 Å². The van der Waals surface area contributed by atoms with Gasteiger partial charge in [-0.3, -0.25) is 4.79 Å². The Kier molecular flexibility index (Phi) is 2.81. The normalized spacial score (nSPS) is 10.4. The van der Waals surface area contributed by atoms with Gasteiger partial charge in [0.2, 0.25) is 0 Å². The van der Waals surface area contributed by atoms with E-state index in [1.165, 1.54) is 0 Å². The lowest BCUT2D eigenvalue weighted by atomic mass is 10.2. The van der Waals surface area contributed by atoms with Crippen LogP contribution in [0.15, 0.2) is 30.5 Å². The summed E-state index contributed by atoms with van der Waals surface area (Å²) in [5, 5.41) is 7.84. The fourth-order valence-corrected chi connectivity index (χ4v) is 1.61. The number of hydrogen-bond donors (Lipinski definition) is 0. The second-order valence-corrected chi connectivity index (χ2v) is 3.85. The predicted molar refractivity (Wildman–Crippen MR) is 60.5 cm³/mol. The average molecular weight is 215 g/mol. The van der Waals surface area contributed by atoms with Crippen LogP contribution in [0.4, 0.5) is 0 Å². The molecule has 0 atom stereocenters. The molecule has 0 aliphatic heterocycles. The molecule has 0 N–H and O–H groups in total. The molecule has 0 aliphatic carbocycles. The van der Waals surface area contributed by atoms with Crippen molar-refractivity contribution < 1.29 is 4.79 Å². The van der Waals surface area contributed by atoms with Crippen molar-refractivity contribution in [2.45, 2.75) is 20.3 Å². The molecule has 0 unspecified atom stereocenters. The van der Waals surface area contributed by atoms with Crippen molar-refractivity contribution >= 4 is 5.78 Å². The van der Waals surface area contributed by atoms with Crippen molar-refractivity contribution in [2.24, 2.45) is 0 Å². The SMILES string of the molecule is CC(=O)Cc1cnnn1-c1cccc(C)c1. The topological polar surface area (TPSA) is 47.8 Å². The molecule has 4 heteroatoms. The quantitative estimate of drug-likeness (QED) is 0.783. The van der Waals surface area contributed by atoms with Crippen molar-refractivity contribution in [3.63, 3.8) is 0 Å². The molecule has 0 aliphatic rings. The maximum absolute atomic E-state index is 11.1. The highest BCUT2D eigenvalue weighted by Crippen LogP contribution is 2.11. The van der Waals surface area contributed by atoms with Crippen LogP contribution in [0.5, 0.6) is 0 Å². The first-order chi connectivity index (χ1) is 7.66. The molecule has 16 heavy (non-hydrogen) atoms. The highest BCUT2D eigenvalue weighted by Gasteiger charge is 2.08. The summed E-state index contributed by atoms with van der Waals surface area (Å²) in [7, 11) is 0. The molecule has 2 aromatic rings. The summed E-state index contributed by atoms with van der Waals surface area (Å²) in [6, 6.07) is 7.94. The molecule has 0 amide bonds. The Hall–Kier alpha value is -1.97. The van der Waals surface area contributed by atoms with Crippen LogP contribution in [-0.4, -0.2) is 20.8 Å². The predicted octanol–water partition coefficient (Wildman–Crippen LogP) is 1.71. The number of ketones is 1. The molecule has 0 bridgehead atoms. The second kappa shape index (κ2) is 4.26. The van der Waals surface area contributed by atoms with Crippen molar-refractivity contribution in [2.75, 3.05) is 0 Å². The highest BCUT2D eigenvalue weighted by atomic mass is 16.1. The van der Waals surface area contributed by atoms with E-state index in [1.807, 2.05) is 31.2 Å². The van der Waals surface area contributed by atoms with Gasteiger partial charge in [-0.05, 0) is 31.5 Å². The molecule has 0 fully saturated rings. The van der Waals surface area contributed by atoms with Crippen LogP contribution in [0.2, 0.25) is 0 Å². The van der Waals surface area contributed by atoms with Crippen molar-refractivity contribution in [1.29, 1.82) is 0 Å². The van der Waals surface area contributed by atoms with E-state index in [2.05, 4.69) is 10.3 Å². The number of Topliss-reactive ketones (excluding diaryl/α,β-unsaturated/α-hetero) is 1. The first kappa shape index (κ1) is 10.5. The van der Waals surface area contributed by atoms with Crippen LogP contribution in [0, 0.1) is 6.92 Å². The Morgan fingerprint density at radius 3 is 2.94 bits per heavy atom. The lowest BCUT2D eigenvalue weighted by molar-refractivity contribution is -0.116. The molecular formula is C12H13N3O. The van der Waals surface area contributed by atoms with Gasteiger partial charge in [-0.25, -0.2) is 4.68 Å². The Morgan fingerprint density at radius 1 is 1.44 bits per heavy atom. The number of aryl methyl sites for hydroxylation is 1. The highest BCUT2D eigenvalue weighted by molar-refractivity contribution is 5.77. The minimum absolute atomic E-state index is 0.108. The van der Waals surface area contributed by atoms with Gasteiger partial charge >= 0.3 is 0 Å². The number of carbonyl (C=O) groups excluding carboxylic acids is 1. The van der Waals surface area contributed by atoms with Gasteiger partial charge in [-0.2, -0.15) is 0 Å². The van der Waals surface area contributed by atoms with E-state index >= 15 is 0 Å². The Bertz CT molecular complexity index is 516. The Morgan fingerprint density at radius 2 is 2.25 bits per heavy atom. The first-order valence-corrected chi connectivity index (χ1v) is 5.13. The van der Waals surface area contributed by atoms with Gasteiger partial charge in [0.05, 0.1) is 24.0 Å². The fraction of sp³-hybridized carbons (Fsp3) is 0.250. The summed E-state index contributed by atoms with van der Waals surface area (Å²) in [5.74, 6) is 0.108. The molecule has 0 radical (unpaired) electrons. The van der Waals surface area contributed by atoms with Crippen LogP contribution in [0.25, 0.3) is 5.69 Å². The molecule has 1 aromatic heterocycles. The maximum Gasteiger partial charge on any atom is 0.135 e. The number of carbonyl (C=O) groups is 1. The maximum atomic E-state index is 11.1. The minimum Gasteiger partial charge on any atom is -0.300 e. The lowest BCUT2D eigenvalue weighted by Gasteiger charge is -2.05. The van der Waals surface area contributed by atoms with Crippen LogP contribution >= 0.6 is 0 Å². The molecule has 82 valence electrons. The summed E-state index contributed by atoms with van der Waals surface area (Å²) in [5.41, 5.74) is 2.91. The molecular weight excluding hydrogens is 202 g/mol. The van der Waals surface area contributed by atoms with Crippen LogP contribution in [0.3, 0.4) is 0 Å². The summed E-state index contributed by atoms with van der Waals surface area (Å²) in [6.45, 7) is 3.58. The van der Waals surface area contributed by atoms with Gasteiger partial charge in [0.15, 0.2) is 0 Å². The van der Waals surface area contributed by atoms with E-state index in [0.717, 1.165) is 16.9 Å². The number of aromatic nitrogens is 3. The monoisotopic (exact) mass is 215 g/mol. The molecule has 4 nitrogen and oxygen atoms in total. The third-order valence-electron chi connectivity index (χ3n) is 2.30. The first-order valence-electron chi connectivity index (χ1n) is 5.13. The second-order valence-electron chi connectivity index (χ2n) is 3.85. The fourth-order valence-electron chi connectivity index (χ4n) is 1.61. The van der Waals surface area contributed by atoms with Crippen LogP contribution in [-0.2, 0) is 11.2 Å². The molecule has 2 rings (SSSR count). The minimum atomic E-state index is 0.108. The smallest absolute Gasteiger partial charge is 0.135 e. The summed E-state index contributed by atoms with van der Waals surface area (Å²) >= 11 is 0. The van der Waals surface area contributed by atoms with Crippen LogP contribution < -0.4 is 0 Å². The van der Waals surface area contributed by atoms with E-state index in [4.69, 9.17) is 0 Å². The standard InChI is InChI=1S/C12H13N3O/c1-9-4-3-5-11(6-9)15-12(7-10(2)16)8-13-14-15/h3-6,8H,7H2,1-2H3. The van der Waals surface area contributed by atoms with Gasteiger partial charge < -0.3 is 0 Å². The van der Waals surface area contributed by atoms with Gasteiger partial charge in [-0.15, -0.1) is 5.10 Å². The van der Waals surface area contributed by atoms with Gasteiger partial charge in [0.1, 0.15) is 5.78 Å². The number of hydrogen-bond acceptors (Lipinski definition) is 3. The molecule has 1 aromatic carbocycles. The Labute approximate surface area is 93.9 Å². The van der Waals surface area contributed by atoms with Crippen LogP contribution in [0.1, 0.15) is 18.2 Å². The summed E-state index contributed by atoms with van der Waals surface area (Å²) in [6.07, 6.45) is 1.99.